The maximum absolute atomic E-state index is 12.2. The van der Waals surface area contributed by atoms with Gasteiger partial charge in [0, 0.05) is 18.3 Å². The summed E-state index contributed by atoms with van der Waals surface area (Å²) in [6, 6.07) is 16.0. The molecule has 1 aliphatic rings. The molecular formula is C22H21N3O4S. The van der Waals surface area contributed by atoms with E-state index in [1.54, 1.807) is 18.3 Å². The minimum absolute atomic E-state index is 0.0496. The SMILES string of the molecule is COC(=O)c1ccccc1-c1ccc([C@H]2[C@@H](c3ccccn3)NC(=S)N2CCO)o1. The standard InChI is InChI=1S/C22H21N3O4S/c1-28-21(27)15-7-3-2-6-14(15)17-9-10-18(29-17)20-19(16-8-4-5-11-23-16)24-22(30)25(20)12-13-26/h2-11,19-20,26H,12-13H2,1H3,(H,24,30)/t19-,20+/m1/s1. The Balaban J connectivity index is 1.74. The highest BCUT2D eigenvalue weighted by molar-refractivity contribution is 7.80. The van der Waals surface area contributed by atoms with Crippen molar-refractivity contribution in [1.82, 2.24) is 15.2 Å². The van der Waals surface area contributed by atoms with Crippen molar-refractivity contribution in [2.75, 3.05) is 20.3 Å². The molecule has 0 spiro atoms. The number of rotatable bonds is 6. The molecule has 2 atom stereocenters. The van der Waals surface area contributed by atoms with Gasteiger partial charge in [0.1, 0.15) is 17.6 Å². The van der Waals surface area contributed by atoms with Crippen molar-refractivity contribution in [1.29, 1.82) is 0 Å². The molecule has 1 fully saturated rings. The molecule has 154 valence electrons. The van der Waals surface area contributed by atoms with Crippen molar-refractivity contribution >= 4 is 23.3 Å². The fourth-order valence-corrected chi connectivity index (χ4v) is 4.04. The third-order valence-corrected chi connectivity index (χ3v) is 5.41. The summed E-state index contributed by atoms with van der Waals surface area (Å²) in [5.41, 5.74) is 1.89. The zero-order valence-corrected chi connectivity index (χ0v) is 17.1. The summed E-state index contributed by atoms with van der Waals surface area (Å²) >= 11 is 5.50. The molecule has 1 saturated heterocycles. The first-order valence-corrected chi connectivity index (χ1v) is 9.91. The van der Waals surface area contributed by atoms with Gasteiger partial charge in [-0.25, -0.2) is 4.79 Å². The number of carbonyl (C=O) groups excluding carboxylic acids is 1. The van der Waals surface area contributed by atoms with Gasteiger partial charge < -0.3 is 24.5 Å². The van der Waals surface area contributed by atoms with Gasteiger partial charge >= 0.3 is 5.97 Å². The first kappa shape index (κ1) is 20.1. The lowest BCUT2D eigenvalue weighted by molar-refractivity contribution is 0.0601. The molecule has 3 heterocycles. The number of aliphatic hydroxyl groups excluding tert-OH is 1. The number of methoxy groups -OCH3 is 1. The first-order chi connectivity index (χ1) is 14.6. The average Bonchev–Trinajstić information content (AvgIpc) is 3.39. The molecule has 0 amide bonds. The van der Waals surface area contributed by atoms with E-state index in [1.807, 2.05) is 47.4 Å². The molecule has 2 aromatic heterocycles. The highest BCUT2D eigenvalue weighted by Crippen LogP contribution is 2.40. The van der Waals surface area contributed by atoms with Crippen LogP contribution in [0.5, 0.6) is 0 Å². The van der Waals surface area contributed by atoms with E-state index in [4.69, 9.17) is 21.4 Å². The number of aliphatic hydroxyl groups is 1. The number of esters is 1. The molecule has 0 radical (unpaired) electrons. The topological polar surface area (TPSA) is 87.8 Å². The quantitative estimate of drug-likeness (QED) is 0.462. The molecule has 7 nitrogen and oxygen atoms in total. The summed E-state index contributed by atoms with van der Waals surface area (Å²) < 4.78 is 11.1. The number of carbonyl (C=O) groups is 1. The van der Waals surface area contributed by atoms with Gasteiger partial charge in [0.25, 0.3) is 0 Å². The van der Waals surface area contributed by atoms with E-state index in [9.17, 15) is 9.90 Å². The van der Waals surface area contributed by atoms with Gasteiger partial charge in [-0.2, -0.15) is 0 Å². The highest BCUT2D eigenvalue weighted by atomic mass is 32.1. The van der Waals surface area contributed by atoms with E-state index in [-0.39, 0.29) is 18.7 Å². The Bertz CT molecular complexity index is 1050. The lowest BCUT2D eigenvalue weighted by Gasteiger charge is -2.25. The number of ether oxygens (including phenoxy) is 1. The largest absolute Gasteiger partial charge is 0.465 e. The van der Waals surface area contributed by atoms with Crippen LogP contribution in [0.2, 0.25) is 0 Å². The highest BCUT2D eigenvalue weighted by Gasteiger charge is 2.41. The fourth-order valence-electron chi connectivity index (χ4n) is 3.71. The van der Waals surface area contributed by atoms with Crippen LogP contribution in [0.15, 0.2) is 65.2 Å². The second-order valence-electron chi connectivity index (χ2n) is 6.78. The van der Waals surface area contributed by atoms with E-state index in [1.165, 1.54) is 7.11 Å². The molecular weight excluding hydrogens is 402 g/mol. The minimum atomic E-state index is -0.430. The number of hydrogen-bond acceptors (Lipinski definition) is 6. The van der Waals surface area contributed by atoms with E-state index in [0.29, 0.717) is 34.3 Å². The normalized spacial score (nSPS) is 18.3. The summed E-state index contributed by atoms with van der Waals surface area (Å²) in [7, 11) is 1.35. The molecule has 0 bridgehead atoms. The lowest BCUT2D eigenvalue weighted by Crippen LogP contribution is -2.32. The van der Waals surface area contributed by atoms with Gasteiger partial charge in [0.15, 0.2) is 5.11 Å². The molecule has 2 N–H and O–H groups in total. The van der Waals surface area contributed by atoms with Crippen LogP contribution in [0.4, 0.5) is 0 Å². The molecule has 8 heteroatoms. The number of nitrogens with one attached hydrogen (secondary N) is 1. The number of nitrogens with zero attached hydrogens (tertiary/aromatic N) is 2. The molecule has 3 aromatic rings. The monoisotopic (exact) mass is 423 g/mol. The summed E-state index contributed by atoms with van der Waals surface area (Å²) in [6.45, 7) is 0.306. The van der Waals surface area contributed by atoms with Gasteiger partial charge in [0.05, 0.1) is 31.0 Å². The third kappa shape index (κ3) is 3.67. The van der Waals surface area contributed by atoms with Crippen molar-refractivity contribution in [2.24, 2.45) is 0 Å². The third-order valence-electron chi connectivity index (χ3n) is 5.05. The fraction of sp³-hybridized carbons (Fsp3) is 0.227. The van der Waals surface area contributed by atoms with E-state index in [2.05, 4.69) is 10.3 Å². The molecule has 1 aliphatic heterocycles. The maximum Gasteiger partial charge on any atom is 0.338 e. The molecule has 4 rings (SSSR count). The summed E-state index contributed by atoms with van der Waals surface area (Å²) in [5.74, 6) is 0.772. The Morgan fingerprint density at radius 2 is 2.03 bits per heavy atom. The number of thiocarbonyl (C=S) groups is 1. The van der Waals surface area contributed by atoms with Crippen LogP contribution in [0.3, 0.4) is 0 Å². The number of pyridine rings is 1. The van der Waals surface area contributed by atoms with E-state index < -0.39 is 5.97 Å². The molecule has 1 aromatic carbocycles. The van der Waals surface area contributed by atoms with Gasteiger partial charge in [-0.15, -0.1) is 0 Å². The number of furan rings is 1. The number of benzene rings is 1. The van der Waals surface area contributed by atoms with Crippen LogP contribution < -0.4 is 5.32 Å². The van der Waals surface area contributed by atoms with Crippen LogP contribution in [0.25, 0.3) is 11.3 Å². The average molecular weight is 423 g/mol. The van der Waals surface area contributed by atoms with Crippen molar-refractivity contribution in [3.63, 3.8) is 0 Å². The second kappa shape index (κ2) is 8.64. The van der Waals surface area contributed by atoms with Crippen molar-refractivity contribution in [3.8, 4) is 11.3 Å². The minimum Gasteiger partial charge on any atom is -0.465 e. The predicted molar refractivity (Wildman–Crippen MR) is 115 cm³/mol. The molecule has 0 aliphatic carbocycles. The van der Waals surface area contributed by atoms with Crippen LogP contribution in [0.1, 0.15) is 33.9 Å². The Labute approximate surface area is 179 Å². The van der Waals surface area contributed by atoms with Crippen molar-refractivity contribution < 1.29 is 19.1 Å². The van der Waals surface area contributed by atoms with E-state index >= 15 is 0 Å². The number of hydrogen-bond donors (Lipinski definition) is 2. The zero-order valence-electron chi connectivity index (χ0n) is 16.3. The van der Waals surface area contributed by atoms with Crippen LogP contribution in [-0.2, 0) is 4.74 Å². The maximum atomic E-state index is 12.2. The van der Waals surface area contributed by atoms with Gasteiger partial charge in [0.2, 0.25) is 0 Å². The molecule has 0 saturated carbocycles. The number of β-amino-alcohol motifs (C(OH)–C–C–N with tert-alkyl or cyclic N) is 1. The Morgan fingerprint density at radius 1 is 1.23 bits per heavy atom. The van der Waals surface area contributed by atoms with Gasteiger partial charge in [-0.3, -0.25) is 4.98 Å². The summed E-state index contributed by atoms with van der Waals surface area (Å²) in [4.78, 5) is 18.5. The zero-order chi connectivity index (χ0) is 21.1. The van der Waals surface area contributed by atoms with Crippen molar-refractivity contribution in [3.05, 3.63) is 77.8 Å². The predicted octanol–water partition coefficient (Wildman–Crippen LogP) is 3.09. The molecule has 0 unspecified atom stereocenters. The second-order valence-corrected chi connectivity index (χ2v) is 7.17. The van der Waals surface area contributed by atoms with Crippen LogP contribution in [0, 0.1) is 0 Å². The van der Waals surface area contributed by atoms with Gasteiger partial charge in [-0.05, 0) is 42.5 Å². The lowest BCUT2D eigenvalue weighted by atomic mass is 10.0. The first-order valence-electron chi connectivity index (χ1n) is 9.50. The molecule has 30 heavy (non-hydrogen) atoms. The van der Waals surface area contributed by atoms with Crippen LogP contribution in [-0.4, -0.2) is 46.3 Å². The Kier molecular flexibility index (Phi) is 5.78. The Morgan fingerprint density at radius 3 is 2.77 bits per heavy atom. The summed E-state index contributed by atoms with van der Waals surface area (Å²) in [6.07, 6.45) is 1.73. The summed E-state index contributed by atoms with van der Waals surface area (Å²) in [5, 5.41) is 13.4. The van der Waals surface area contributed by atoms with Crippen LogP contribution >= 0.6 is 12.2 Å². The Hall–Kier alpha value is -3.23. The van der Waals surface area contributed by atoms with E-state index in [0.717, 1.165) is 5.69 Å². The van der Waals surface area contributed by atoms with Gasteiger partial charge in [-0.1, -0.05) is 24.3 Å². The van der Waals surface area contributed by atoms with Crippen molar-refractivity contribution in [2.45, 2.75) is 12.1 Å². The smallest absolute Gasteiger partial charge is 0.338 e. The number of aromatic nitrogens is 1.